The Morgan fingerprint density at radius 2 is 2.32 bits per heavy atom. The van der Waals surface area contributed by atoms with E-state index in [-0.39, 0.29) is 11.9 Å². The molecule has 0 spiro atoms. The van der Waals surface area contributed by atoms with Gasteiger partial charge in [-0.15, -0.1) is 11.3 Å². The molecule has 1 saturated heterocycles. The van der Waals surface area contributed by atoms with Crippen molar-refractivity contribution < 1.29 is 14.3 Å². The van der Waals surface area contributed by atoms with Crippen LogP contribution in [0.15, 0.2) is 18.2 Å². The summed E-state index contributed by atoms with van der Waals surface area (Å²) in [6.07, 6.45) is 4.68. The van der Waals surface area contributed by atoms with Crippen LogP contribution in [0.4, 0.5) is 0 Å². The zero-order valence-corrected chi connectivity index (χ0v) is 12.0. The molecular formula is C13H14ClNO3S. The first kappa shape index (κ1) is 14.1. The number of thiophene rings is 1. The van der Waals surface area contributed by atoms with Crippen LogP contribution in [0.3, 0.4) is 0 Å². The van der Waals surface area contributed by atoms with Crippen LogP contribution in [0.5, 0.6) is 0 Å². The fraction of sp³-hybridized carbons (Fsp3) is 0.385. The third kappa shape index (κ3) is 3.36. The first-order valence-electron chi connectivity index (χ1n) is 5.93. The smallest absolute Gasteiger partial charge is 0.328 e. The number of nitrogens with zero attached hydrogens (tertiary/aromatic N) is 1. The number of methoxy groups -OCH3 is 1. The molecule has 1 aliphatic heterocycles. The second-order valence-corrected chi connectivity index (χ2v) is 5.93. The number of esters is 1. The van der Waals surface area contributed by atoms with Crippen molar-refractivity contribution in [2.45, 2.75) is 18.9 Å². The van der Waals surface area contributed by atoms with Gasteiger partial charge in [-0.05, 0) is 31.1 Å². The summed E-state index contributed by atoms with van der Waals surface area (Å²) in [6, 6.07) is 3.18. The van der Waals surface area contributed by atoms with E-state index in [1.165, 1.54) is 24.5 Å². The van der Waals surface area contributed by atoms with Gasteiger partial charge in [0.05, 0.1) is 11.4 Å². The second kappa shape index (κ2) is 6.21. The van der Waals surface area contributed by atoms with Crippen LogP contribution in [0, 0.1) is 0 Å². The second-order valence-electron chi connectivity index (χ2n) is 4.19. The number of hydrogen-bond donors (Lipinski definition) is 0. The van der Waals surface area contributed by atoms with E-state index in [1.807, 2.05) is 6.07 Å². The molecule has 0 radical (unpaired) electrons. The number of carbonyl (C=O) groups excluding carboxylic acids is 2. The highest BCUT2D eigenvalue weighted by Gasteiger charge is 2.33. The molecule has 1 aromatic heterocycles. The lowest BCUT2D eigenvalue weighted by Gasteiger charge is -2.20. The summed E-state index contributed by atoms with van der Waals surface area (Å²) >= 11 is 7.21. The average molecular weight is 300 g/mol. The van der Waals surface area contributed by atoms with Crippen LogP contribution < -0.4 is 0 Å². The topological polar surface area (TPSA) is 46.6 Å². The Kier molecular flexibility index (Phi) is 4.61. The van der Waals surface area contributed by atoms with E-state index in [4.69, 9.17) is 16.3 Å². The Bertz CT molecular complexity index is 512. The van der Waals surface area contributed by atoms with E-state index in [0.717, 1.165) is 11.3 Å². The Balaban J connectivity index is 2.03. The lowest BCUT2D eigenvalue weighted by Crippen LogP contribution is -2.40. The largest absolute Gasteiger partial charge is 0.467 e. The summed E-state index contributed by atoms with van der Waals surface area (Å²) < 4.78 is 5.39. The summed E-state index contributed by atoms with van der Waals surface area (Å²) in [5, 5.41) is 0. The third-order valence-electron chi connectivity index (χ3n) is 2.99. The number of likely N-dealkylation sites (tertiary alicyclic amines) is 1. The zero-order chi connectivity index (χ0) is 13.8. The number of halogens is 1. The molecule has 6 heteroatoms. The van der Waals surface area contributed by atoms with Crippen LogP contribution in [0.2, 0.25) is 4.34 Å². The summed E-state index contributed by atoms with van der Waals surface area (Å²) in [6.45, 7) is 0.591. The van der Waals surface area contributed by atoms with Crippen LogP contribution >= 0.6 is 22.9 Å². The predicted octanol–water partition coefficient (Wildman–Crippen LogP) is 2.58. The maximum absolute atomic E-state index is 12.1. The fourth-order valence-corrected chi connectivity index (χ4v) is 3.04. The van der Waals surface area contributed by atoms with Crippen molar-refractivity contribution in [3.05, 3.63) is 27.4 Å². The van der Waals surface area contributed by atoms with Crippen LogP contribution in [0.25, 0.3) is 6.08 Å². The Hall–Kier alpha value is -1.33. The number of rotatable bonds is 3. The molecule has 0 aliphatic carbocycles. The fourth-order valence-electron chi connectivity index (χ4n) is 2.08. The van der Waals surface area contributed by atoms with Gasteiger partial charge in [0.2, 0.25) is 5.91 Å². The van der Waals surface area contributed by atoms with E-state index in [9.17, 15) is 9.59 Å². The molecule has 4 nitrogen and oxygen atoms in total. The summed E-state index contributed by atoms with van der Waals surface area (Å²) in [5.41, 5.74) is 0. The highest BCUT2D eigenvalue weighted by molar-refractivity contribution is 7.17. The molecule has 19 heavy (non-hydrogen) atoms. The van der Waals surface area contributed by atoms with Crippen molar-refractivity contribution in [2.24, 2.45) is 0 Å². The summed E-state index contributed by atoms with van der Waals surface area (Å²) in [4.78, 5) is 26.1. The normalized spacial score (nSPS) is 19.1. The monoisotopic (exact) mass is 299 g/mol. The Labute approximate surface area is 120 Å². The van der Waals surface area contributed by atoms with Crippen molar-refractivity contribution >= 4 is 40.9 Å². The van der Waals surface area contributed by atoms with Gasteiger partial charge >= 0.3 is 5.97 Å². The van der Waals surface area contributed by atoms with E-state index in [0.29, 0.717) is 17.3 Å². The van der Waals surface area contributed by atoms with Gasteiger partial charge in [0, 0.05) is 17.5 Å². The van der Waals surface area contributed by atoms with E-state index in [2.05, 4.69) is 0 Å². The number of ether oxygens (including phenoxy) is 1. The van der Waals surface area contributed by atoms with Gasteiger partial charge in [0.25, 0.3) is 0 Å². The molecule has 102 valence electrons. The van der Waals surface area contributed by atoms with Crippen molar-refractivity contribution in [3.63, 3.8) is 0 Å². The molecule has 1 aliphatic rings. The van der Waals surface area contributed by atoms with Gasteiger partial charge in [-0.3, -0.25) is 4.79 Å². The SMILES string of the molecule is COC(=O)C1CCCN1C(=O)/C=C/c1ccc(Cl)s1. The molecule has 1 unspecified atom stereocenters. The molecule has 0 saturated carbocycles. The molecule has 1 amide bonds. The van der Waals surface area contributed by atoms with Crippen LogP contribution in [0.1, 0.15) is 17.7 Å². The first-order valence-corrected chi connectivity index (χ1v) is 7.13. The van der Waals surface area contributed by atoms with Gasteiger partial charge in [0.15, 0.2) is 0 Å². The highest BCUT2D eigenvalue weighted by Crippen LogP contribution is 2.23. The molecule has 0 aromatic carbocycles. The van der Waals surface area contributed by atoms with E-state index >= 15 is 0 Å². The Morgan fingerprint density at radius 3 is 2.95 bits per heavy atom. The number of hydrogen-bond acceptors (Lipinski definition) is 4. The van der Waals surface area contributed by atoms with Gasteiger partial charge in [-0.25, -0.2) is 4.79 Å². The van der Waals surface area contributed by atoms with Crippen molar-refractivity contribution in [3.8, 4) is 0 Å². The minimum atomic E-state index is -0.450. The maximum atomic E-state index is 12.1. The van der Waals surface area contributed by atoms with Gasteiger partial charge in [-0.1, -0.05) is 11.6 Å². The standard InChI is InChI=1S/C13H14ClNO3S/c1-18-13(17)10-3-2-8-15(10)12(16)7-5-9-4-6-11(14)19-9/h4-7,10H,2-3,8H2,1H3/b7-5+. The van der Waals surface area contributed by atoms with E-state index < -0.39 is 6.04 Å². The summed E-state index contributed by atoms with van der Waals surface area (Å²) in [5.74, 6) is -0.518. The molecule has 0 bridgehead atoms. The maximum Gasteiger partial charge on any atom is 0.328 e. The molecule has 2 heterocycles. The minimum Gasteiger partial charge on any atom is -0.467 e. The molecule has 0 N–H and O–H groups in total. The van der Waals surface area contributed by atoms with Gasteiger partial charge in [0.1, 0.15) is 6.04 Å². The van der Waals surface area contributed by atoms with Gasteiger partial charge < -0.3 is 9.64 Å². The predicted molar refractivity (Wildman–Crippen MR) is 75.1 cm³/mol. The van der Waals surface area contributed by atoms with E-state index in [1.54, 1.807) is 17.0 Å². The number of amides is 1. The molecule has 2 rings (SSSR count). The third-order valence-corrected chi connectivity index (χ3v) is 4.19. The average Bonchev–Trinajstić information content (AvgIpc) is 3.03. The summed E-state index contributed by atoms with van der Waals surface area (Å²) in [7, 11) is 1.34. The van der Waals surface area contributed by atoms with Crippen molar-refractivity contribution in [1.82, 2.24) is 4.90 Å². The molecule has 1 atom stereocenters. The van der Waals surface area contributed by atoms with Gasteiger partial charge in [-0.2, -0.15) is 0 Å². The van der Waals surface area contributed by atoms with Crippen LogP contribution in [-0.4, -0.2) is 36.5 Å². The Morgan fingerprint density at radius 1 is 1.53 bits per heavy atom. The number of carbonyl (C=O) groups is 2. The minimum absolute atomic E-state index is 0.169. The van der Waals surface area contributed by atoms with Crippen molar-refractivity contribution in [2.75, 3.05) is 13.7 Å². The highest BCUT2D eigenvalue weighted by atomic mass is 35.5. The lowest BCUT2D eigenvalue weighted by molar-refractivity contribution is -0.149. The zero-order valence-electron chi connectivity index (χ0n) is 10.5. The molecular weight excluding hydrogens is 286 g/mol. The quantitative estimate of drug-likeness (QED) is 0.636. The lowest BCUT2D eigenvalue weighted by atomic mass is 10.2. The molecule has 1 fully saturated rings. The molecule has 1 aromatic rings. The first-order chi connectivity index (χ1) is 9.11. The van der Waals surface area contributed by atoms with Crippen molar-refractivity contribution in [1.29, 1.82) is 0 Å². The van der Waals surface area contributed by atoms with Crippen LogP contribution in [-0.2, 0) is 14.3 Å².